The van der Waals surface area contributed by atoms with E-state index in [0.717, 1.165) is 63.5 Å². The minimum Gasteiger partial charge on any atom is -0.242 e. The molecule has 0 bridgehead atoms. The Bertz CT molecular complexity index is 543. The Morgan fingerprint density at radius 3 is 1.89 bits per heavy atom. The monoisotopic (exact) mass is 400 g/mol. The van der Waals surface area contributed by atoms with Gasteiger partial charge in [-0.25, -0.2) is 4.39 Å². The van der Waals surface area contributed by atoms with Gasteiger partial charge in [0.05, 0.1) is 5.56 Å². The maximum absolute atomic E-state index is 14.9. The average molecular weight is 401 g/mol. The number of alkyl halides is 4. The molecule has 0 amide bonds. The Hall–Kier alpha value is -1.32. The summed E-state index contributed by atoms with van der Waals surface area (Å²) in [6, 6.07) is 4.93. The van der Waals surface area contributed by atoms with Crippen molar-refractivity contribution in [1.29, 1.82) is 0 Å². The molecule has 1 unspecified atom stereocenters. The van der Waals surface area contributed by atoms with Gasteiger partial charge >= 0.3 is 6.18 Å². The van der Waals surface area contributed by atoms with Crippen LogP contribution in [-0.4, -0.2) is 6.17 Å². The molecule has 1 rings (SSSR count). The standard InChI is InChI=1S/C24H36F4/c1-3-5-7-9-11-12-14-22(23(25)15-13-10-8-6-4-2)20-16-18-21(19-17-20)24(26,27)28/h14,16-19,23H,3-13,15H2,1-2H3/b22-14-. The molecule has 0 saturated carbocycles. The van der Waals surface area contributed by atoms with E-state index in [2.05, 4.69) is 13.8 Å². The van der Waals surface area contributed by atoms with Gasteiger partial charge in [0.15, 0.2) is 0 Å². The van der Waals surface area contributed by atoms with Crippen molar-refractivity contribution in [2.75, 3.05) is 0 Å². The fraction of sp³-hybridized carbons (Fsp3) is 0.667. The van der Waals surface area contributed by atoms with Crippen molar-refractivity contribution in [3.63, 3.8) is 0 Å². The summed E-state index contributed by atoms with van der Waals surface area (Å²) in [6.07, 6.45) is 8.54. The van der Waals surface area contributed by atoms with E-state index in [1.165, 1.54) is 31.4 Å². The number of unbranched alkanes of at least 4 members (excludes halogenated alkanes) is 9. The van der Waals surface area contributed by atoms with Gasteiger partial charge < -0.3 is 0 Å². The van der Waals surface area contributed by atoms with Crippen molar-refractivity contribution in [1.82, 2.24) is 0 Å². The second kappa shape index (κ2) is 13.8. The fourth-order valence-corrected chi connectivity index (χ4v) is 3.37. The molecule has 0 aliphatic rings. The van der Waals surface area contributed by atoms with E-state index < -0.39 is 17.9 Å². The summed E-state index contributed by atoms with van der Waals surface area (Å²) in [4.78, 5) is 0. The van der Waals surface area contributed by atoms with Crippen molar-refractivity contribution in [3.05, 3.63) is 41.5 Å². The van der Waals surface area contributed by atoms with Gasteiger partial charge in [-0.1, -0.05) is 89.8 Å². The predicted molar refractivity (Wildman–Crippen MR) is 111 cm³/mol. The van der Waals surface area contributed by atoms with Crippen LogP contribution >= 0.6 is 0 Å². The van der Waals surface area contributed by atoms with Crippen LogP contribution in [0.15, 0.2) is 30.3 Å². The van der Waals surface area contributed by atoms with E-state index in [0.29, 0.717) is 17.6 Å². The molecule has 160 valence electrons. The Balaban J connectivity index is 2.76. The highest BCUT2D eigenvalue weighted by atomic mass is 19.4. The van der Waals surface area contributed by atoms with Gasteiger partial charge in [0.1, 0.15) is 6.17 Å². The maximum atomic E-state index is 14.9. The third-order valence-corrected chi connectivity index (χ3v) is 5.12. The van der Waals surface area contributed by atoms with Crippen molar-refractivity contribution in [3.8, 4) is 0 Å². The van der Waals surface area contributed by atoms with E-state index in [-0.39, 0.29) is 0 Å². The lowest BCUT2D eigenvalue weighted by Gasteiger charge is -2.15. The Labute approximate surface area is 168 Å². The lowest BCUT2D eigenvalue weighted by atomic mass is 9.94. The minimum absolute atomic E-state index is 0.437. The number of allylic oxidation sites excluding steroid dienone is 2. The Morgan fingerprint density at radius 1 is 0.821 bits per heavy atom. The lowest BCUT2D eigenvalue weighted by molar-refractivity contribution is -0.137. The van der Waals surface area contributed by atoms with Crippen LogP contribution in [0.1, 0.15) is 102 Å². The van der Waals surface area contributed by atoms with Crippen molar-refractivity contribution >= 4 is 5.57 Å². The largest absolute Gasteiger partial charge is 0.416 e. The molecule has 0 aliphatic carbocycles. The number of hydrogen-bond acceptors (Lipinski definition) is 0. The third kappa shape index (κ3) is 9.75. The molecule has 28 heavy (non-hydrogen) atoms. The Morgan fingerprint density at radius 2 is 1.36 bits per heavy atom. The number of halogens is 4. The normalized spacial score (nSPS) is 13.7. The van der Waals surface area contributed by atoms with Gasteiger partial charge in [-0.3, -0.25) is 0 Å². The first-order valence-electron chi connectivity index (χ1n) is 10.9. The molecule has 0 aromatic heterocycles. The first kappa shape index (κ1) is 24.7. The van der Waals surface area contributed by atoms with Crippen LogP contribution in [0.25, 0.3) is 5.57 Å². The van der Waals surface area contributed by atoms with E-state index >= 15 is 0 Å². The topological polar surface area (TPSA) is 0 Å². The molecular formula is C24H36F4. The van der Waals surface area contributed by atoms with Crippen molar-refractivity contribution in [2.24, 2.45) is 0 Å². The van der Waals surface area contributed by atoms with Gasteiger partial charge in [-0.2, -0.15) is 13.2 Å². The molecule has 1 atom stereocenters. The predicted octanol–water partition coefficient (Wildman–Crippen LogP) is 9.15. The molecule has 0 heterocycles. The Kier molecular flexibility index (Phi) is 12.2. The second-order valence-corrected chi connectivity index (χ2v) is 7.61. The van der Waals surface area contributed by atoms with E-state index in [1.54, 1.807) is 0 Å². The first-order chi connectivity index (χ1) is 13.4. The smallest absolute Gasteiger partial charge is 0.242 e. The highest BCUT2D eigenvalue weighted by Gasteiger charge is 2.30. The molecule has 0 N–H and O–H groups in total. The molecular weight excluding hydrogens is 364 g/mol. The molecule has 1 aromatic rings. The minimum atomic E-state index is -4.37. The van der Waals surface area contributed by atoms with Crippen LogP contribution in [0, 0.1) is 0 Å². The second-order valence-electron chi connectivity index (χ2n) is 7.61. The molecule has 0 saturated heterocycles. The molecule has 0 fully saturated rings. The number of hydrogen-bond donors (Lipinski definition) is 0. The van der Waals surface area contributed by atoms with Crippen LogP contribution in [-0.2, 0) is 6.18 Å². The summed E-state index contributed by atoms with van der Waals surface area (Å²) in [5.41, 5.74) is 0.437. The van der Waals surface area contributed by atoms with Gasteiger partial charge in [0.25, 0.3) is 0 Å². The van der Waals surface area contributed by atoms with Crippen LogP contribution in [0.3, 0.4) is 0 Å². The summed E-state index contributed by atoms with van der Waals surface area (Å²) >= 11 is 0. The van der Waals surface area contributed by atoms with E-state index in [1.807, 2.05) is 6.08 Å². The zero-order valence-corrected chi connectivity index (χ0v) is 17.5. The van der Waals surface area contributed by atoms with Gasteiger partial charge in [-0.15, -0.1) is 0 Å². The SMILES string of the molecule is CCCCCCC/C=C(/c1ccc(C(F)(F)F)cc1)C(F)CCCCCCC. The molecule has 1 aromatic carbocycles. The quantitative estimate of drug-likeness (QED) is 0.216. The third-order valence-electron chi connectivity index (χ3n) is 5.12. The zero-order chi connectivity index (χ0) is 20.8. The van der Waals surface area contributed by atoms with Crippen molar-refractivity contribution < 1.29 is 17.6 Å². The summed E-state index contributed by atoms with van der Waals surface area (Å²) < 4.78 is 53.4. The van der Waals surface area contributed by atoms with Gasteiger partial charge in [0, 0.05) is 0 Å². The van der Waals surface area contributed by atoms with E-state index in [4.69, 9.17) is 0 Å². The van der Waals surface area contributed by atoms with Crippen LogP contribution < -0.4 is 0 Å². The maximum Gasteiger partial charge on any atom is 0.416 e. The summed E-state index contributed by atoms with van der Waals surface area (Å²) in [6.45, 7) is 4.31. The zero-order valence-electron chi connectivity index (χ0n) is 17.5. The number of benzene rings is 1. The molecule has 0 spiro atoms. The van der Waals surface area contributed by atoms with Crippen molar-refractivity contribution in [2.45, 2.75) is 103 Å². The number of rotatable bonds is 14. The van der Waals surface area contributed by atoms with E-state index in [9.17, 15) is 17.6 Å². The first-order valence-corrected chi connectivity index (χ1v) is 10.9. The molecule has 0 radical (unpaired) electrons. The average Bonchev–Trinajstić information content (AvgIpc) is 2.66. The lowest BCUT2D eigenvalue weighted by Crippen LogP contribution is -2.07. The molecule has 0 aliphatic heterocycles. The highest BCUT2D eigenvalue weighted by Crippen LogP contribution is 2.32. The van der Waals surface area contributed by atoms with Crippen LogP contribution in [0.2, 0.25) is 0 Å². The van der Waals surface area contributed by atoms with Gasteiger partial charge in [-0.05, 0) is 42.5 Å². The summed E-state index contributed by atoms with van der Waals surface area (Å²) in [5.74, 6) is 0. The summed E-state index contributed by atoms with van der Waals surface area (Å²) in [5, 5.41) is 0. The van der Waals surface area contributed by atoms with Crippen LogP contribution in [0.5, 0.6) is 0 Å². The van der Waals surface area contributed by atoms with Gasteiger partial charge in [0.2, 0.25) is 0 Å². The molecule has 0 nitrogen and oxygen atoms in total. The molecule has 4 heteroatoms. The highest BCUT2D eigenvalue weighted by molar-refractivity contribution is 5.69. The fourth-order valence-electron chi connectivity index (χ4n) is 3.37. The summed E-state index contributed by atoms with van der Waals surface area (Å²) in [7, 11) is 0. The van der Waals surface area contributed by atoms with Crippen LogP contribution in [0.4, 0.5) is 17.6 Å².